The minimum atomic E-state index is -2.88. The summed E-state index contributed by atoms with van der Waals surface area (Å²) in [6.07, 6.45) is 5.55. The molecular formula is C13H28N2O3S. The standard InChI is InChI=1S/C13H28N2O3S/c1-13(11-16,14-12-5-6-12)7-4-8-15(2)9-10-19(3,17)18/h12,14,16H,4-11H2,1-3H3. The molecule has 6 heteroatoms. The molecule has 1 unspecified atom stereocenters. The van der Waals surface area contributed by atoms with Gasteiger partial charge in [-0.15, -0.1) is 0 Å². The highest BCUT2D eigenvalue weighted by Crippen LogP contribution is 2.24. The molecular weight excluding hydrogens is 264 g/mol. The van der Waals surface area contributed by atoms with Gasteiger partial charge in [-0.1, -0.05) is 0 Å². The predicted molar refractivity (Wildman–Crippen MR) is 78.1 cm³/mol. The predicted octanol–water partition coefficient (Wildman–Crippen LogP) is 0.246. The molecule has 0 bridgehead atoms. The first-order chi connectivity index (χ1) is 8.74. The molecule has 1 aliphatic carbocycles. The van der Waals surface area contributed by atoms with Gasteiger partial charge in [0.25, 0.3) is 0 Å². The van der Waals surface area contributed by atoms with Crippen molar-refractivity contribution >= 4 is 9.84 Å². The van der Waals surface area contributed by atoms with E-state index in [0.717, 1.165) is 19.4 Å². The van der Waals surface area contributed by atoms with Crippen LogP contribution < -0.4 is 5.32 Å². The Morgan fingerprint density at radius 1 is 1.37 bits per heavy atom. The zero-order chi connectivity index (χ0) is 14.5. The SMILES string of the molecule is CN(CCCC(C)(CO)NC1CC1)CCS(C)(=O)=O. The summed E-state index contributed by atoms with van der Waals surface area (Å²) in [6, 6.07) is 0.583. The van der Waals surface area contributed by atoms with Crippen molar-refractivity contribution in [3.8, 4) is 0 Å². The smallest absolute Gasteiger partial charge is 0.148 e. The van der Waals surface area contributed by atoms with Crippen molar-refractivity contribution in [2.45, 2.75) is 44.2 Å². The summed E-state index contributed by atoms with van der Waals surface area (Å²) < 4.78 is 22.1. The van der Waals surface area contributed by atoms with Crippen LogP contribution in [0.3, 0.4) is 0 Å². The highest BCUT2D eigenvalue weighted by atomic mass is 32.2. The van der Waals surface area contributed by atoms with Crippen LogP contribution in [-0.2, 0) is 9.84 Å². The maximum absolute atomic E-state index is 11.1. The number of aliphatic hydroxyl groups is 1. The van der Waals surface area contributed by atoms with E-state index >= 15 is 0 Å². The second kappa shape index (κ2) is 7.02. The molecule has 0 aromatic rings. The lowest BCUT2D eigenvalue weighted by Gasteiger charge is -2.30. The molecule has 0 spiro atoms. The van der Waals surface area contributed by atoms with Crippen molar-refractivity contribution < 1.29 is 13.5 Å². The second-order valence-corrected chi connectivity index (χ2v) is 8.43. The van der Waals surface area contributed by atoms with Crippen LogP contribution in [0.1, 0.15) is 32.6 Å². The van der Waals surface area contributed by atoms with Crippen LogP contribution in [0.4, 0.5) is 0 Å². The van der Waals surface area contributed by atoms with Crippen LogP contribution in [0.25, 0.3) is 0 Å². The number of hydrogen-bond acceptors (Lipinski definition) is 5. The lowest BCUT2D eigenvalue weighted by molar-refractivity contribution is 0.157. The number of nitrogens with zero attached hydrogens (tertiary/aromatic N) is 1. The van der Waals surface area contributed by atoms with Gasteiger partial charge < -0.3 is 15.3 Å². The quantitative estimate of drug-likeness (QED) is 0.604. The Morgan fingerprint density at radius 3 is 2.47 bits per heavy atom. The van der Waals surface area contributed by atoms with Gasteiger partial charge in [0.15, 0.2) is 0 Å². The summed E-state index contributed by atoms with van der Waals surface area (Å²) in [5.74, 6) is 0.209. The third-order valence-electron chi connectivity index (χ3n) is 3.59. The van der Waals surface area contributed by atoms with E-state index in [0.29, 0.717) is 12.6 Å². The van der Waals surface area contributed by atoms with Crippen LogP contribution >= 0.6 is 0 Å². The molecule has 114 valence electrons. The zero-order valence-corrected chi connectivity index (χ0v) is 13.2. The first-order valence-corrected chi connectivity index (χ1v) is 9.05. The van der Waals surface area contributed by atoms with E-state index in [-0.39, 0.29) is 17.9 Å². The van der Waals surface area contributed by atoms with Crippen molar-refractivity contribution in [1.29, 1.82) is 0 Å². The molecule has 0 aromatic carbocycles. The summed E-state index contributed by atoms with van der Waals surface area (Å²) in [5, 5.41) is 13.0. The van der Waals surface area contributed by atoms with Crippen molar-refractivity contribution in [3.63, 3.8) is 0 Å². The Morgan fingerprint density at radius 2 is 2.00 bits per heavy atom. The molecule has 5 nitrogen and oxygen atoms in total. The molecule has 0 aromatic heterocycles. The number of rotatable bonds is 10. The number of hydrogen-bond donors (Lipinski definition) is 2. The van der Waals surface area contributed by atoms with Crippen molar-refractivity contribution in [3.05, 3.63) is 0 Å². The van der Waals surface area contributed by atoms with Crippen LogP contribution in [0.15, 0.2) is 0 Å². The van der Waals surface area contributed by atoms with Gasteiger partial charge in [-0.25, -0.2) is 8.42 Å². The monoisotopic (exact) mass is 292 g/mol. The van der Waals surface area contributed by atoms with Gasteiger partial charge in [0, 0.05) is 24.4 Å². The highest BCUT2D eigenvalue weighted by molar-refractivity contribution is 7.90. The topological polar surface area (TPSA) is 69.6 Å². The van der Waals surface area contributed by atoms with E-state index in [1.807, 2.05) is 11.9 Å². The summed E-state index contributed by atoms with van der Waals surface area (Å²) in [4.78, 5) is 2.04. The Labute approximate surface area is 117 Å². The Balaban J connectivity index is 2.20. The van der Waals surface area contributed by atoms with Gasteiger partial charge in [0.2, 0.25) is 0 Å². The average Bonchev–Trinajstić information content (AvgIpc) is 3.09. The lowest BCUT2D eigenvalue weighted by atomic mass is 9.96. The summed E-state index contributed by atoms with van der Waals surface area (Å²) >= 11 is 0. The minimum absolute atomic E-state index is 0.149. The highest BCUT2D eigenvalue weighted by Gasteiger charge is 2.31. The average molecular weight is 292 g/mol. The Kier molecular flexibility index (Phi) is 6.23. The maximum atomic E-state index is 11.1. The van der Waals surface area contributed by atoms with Crippen molar-refractivity contribution in [2.24, 2.45) is 0 Å². The summed E-state index contributed by atoms with van der Waals surface area (Å²) in [5.41, 5.74) is -0.196. The van der Waals surface area contributed by atoms with Gasteiger partial charge in [0.1, 0.15) is 9.84 Å². The molecule has 0 heterocycles. The van der Waals surface area contributed by atoms with Crippen LogP contribution in [0.5, 0.6) is 0 Å². The van der Waals surface area contributed by atoms with E-state index in [1.54, 1.807) is 0 Å². The molecule has 1 rings (SSSR count). The Hall–Kier alpha value is -0.170. The largest absolute Gasteiger partial charge is 0.394 e. The fourth-order valence-electron chi connectivity index (χ4n) is 2.09. The maximum Gasteiger partial charge on any atom is 0.148 e. The lowest BCUT2D eigenvalue weighted by Crippen LogP contribution is -2.47. The molecule has 1 atom stereocenters. The van der Waals surface area contributed by atoms with Gasteiger partial charge in [-0.05, 0) is 46.2 Å². The van der Waals surface area contributed by atoms with Gasteiger partial charge >= 0.3 is 0 Å². The van der Waals surface area contributed by atoms with Crippen molar-refractivity contribution in [2.75, 3.05) is 38.8 Å². The van der Waals surface area contributed by atoms with E-state index in [4.69, 9.17) is 0 Å². The van der Waals surface area contributed by atoms with Crippen LogP contribution in [0.2, 0.25) is 0 Å². The third-order valence-corrected chi connectivity index (χ3v) is 4.52. The third kappa shape index (κ3) is 7.87. The van der Waals surface area contributed by atoms with E-state index in [2.05, 4.69) is 12.2 Å². The second-order valence-electron chi connectivity index (χ2n) is 6.17. The summed E-state index contributed by atoms with van der Waals surface area (Å²) in [6.45, 7) is 3.64. The Bertz CT molecular complexity index is 368. The zero-order valence-electron chi connectivity index (χ0n) is 12.4. The fourth-order valence-corrected chi connectivity index (χ4v) is 2.73. The van der Waals surface area contributed by atoms with Crippen LogP contribution in [-0.4, -0.2) is 68.8 Å². The minimum Gasteiger partial charge on any atom is -0.394 e. The van der Waals surface area contributed by atoms with Gasteiger partial charge in [-0.3, -0.25) is 0 Å². The first kappa shape index (κ1) is 16.9. The van der Waals surface area contributed by atoms with Gasteiger partial charge in [-0.2, -0.15) is 0 Å². The van der Waals surface area contributed by atoms with E-state index in [9.17, 15) is 13.5 Å². The fraction of sp³-hybridized carbons (Fsp3) is 1.00. The molecule has 19 heavy (non-hydrogen) atoms. The normalized spacial score (nSPS) is 19.6. The van der Waals surface area contributed by atoms with Crippen molar-refractivity contribution in [1.82, 2.24) is 10.2 Å². The molecule has 1 fully saturated rings. The first-order valence-electron chi connectivity index (χ1n) is 6.99. The number of sulfone groups is 1. The molecule has 1 aliphatic rings. The van der Waals surface area contributed by atoms with E-state index in [1.165, 1.54) is 19.1 Å². The molecule has 0 amide bonds. The molecule has 0 aliphatic heterocycles. The van der Waals surface area contributed by atoms with Crippen LogP contribution in [0, 0.1) is 0 Å². The summed E-state index contributed by atoms with van der Waals surface area (Å²) in [7, 11) is -0.939. The molecule has 0 radical (unpaired) electrons. The van der Waals surface area contributed by atoms with Gasteiger partial charge in [0.05, 0.1) is 12.4 Å². The number of nitrogens with one attached hydrogen (secondary N) is 1. The molecule has 0 saturated heterocycles. The van der Waals surface area contributed by atoms with E-state index < -0.39 is 9.84 Å². The number of aliphatic hydroxyl groups excluding tert-OH is 1. The molecule has 2 N–H and O–H groups in total. The molecule has 1 saturated carbocycles.